The van der Waals surface area contributed by atoms with E-state index in [9.17, 15) is 4.57 Å². The van der Waals surface area contributed by atoms with Gasteiger partial charge in [0.2, 0.25) is 0 Å². The fourth-order valence-corrected chi connectivity index (χ4v) is 4.24. The molecule has 0 spiro atoms. The summed E-state index contributed by atoms with van der Waals surface area (Å²) in [6, 6.07) is 0. The van der Waals surface area contributed by atoms with Crippen LogP contribution < -0.4 is 0 Å². The molecule has 0 aromatic heterocycles. The summed E-state index contributed by atoms with van der Waals surface area (Å²) in [6.45, 7) is 5.71. The summed E-state index contributed by atoms with van der Waals surface area (Å²) in [5.74, 6) is 0. The molecule has 0 aliphatic rings. The van der Waals surface area contributed by atoms with Crippen molar-refractivity contribution >= 4 is 8.25 Å². The van der Waals surface area contributed by atoms with Crippen LogP contribution in [0.15, 0.2) is 0 Å². The molecule has 0 aromatic carbocycles. The van der Waals surface area contributed by atoms with Gasteiger partial charge >= 0.3 is 8.25 Å². The summed E-state index contributed by atoms with van der Waals surface area (Å²) in [7, 11) is -2.26. The van der Waals surface area contributed by atoms with Gasteiger partial charge in [-0.25, -0.2) is 0 Å². The Morgan fingerprint density at radius 1 is 0.448 bits per heavy atom. The Balaban J connectivity index is 0. The summed E-state index contributed by atoms with van der Waals surface area (Å²) in [6.07, 6.45) is 26.1. The molecule has 0 aliphatic carbocycles. The minimum atomic E-state index is -2.26. The smallest absolute Gasteiger partial charge is 0.311 e. The first-order valence-electron chi connectivity index (χ1n) is 12.6. The van der Waals surface area contributed by atoms with Gasteiger partial charge < -0.3 is 9.05 Å². The average molecular weight is 563 g/mol. The molecule has 0 radical (unpaired) electrons. The van der Waals surface area contributed by atoms with Gasteiger partial charge in [0, 0.05) is 40.8 Å². The Hall–Kier alpha value is 1.50. The molecular formula is C24H51NdO3P. The van der Waals surface area contributed by atoms with E-state index < -0.39 is 8.25 Å². The molecule has 0 unspecified atom stereocenters. The number of rotatable bonds is 24. The molecule has 0 bridgehead atoms. The van der Waals surface area contributed by atoms with E-state index in [0.29, 0.717) is 13.2 Å². The number of unbranched alkanes of at least 4 members (excludes halogenated alkanes) is 18. The van der Waals surface area contributed by atoms with Crippen molar-refractivity contribution in [3.63, 3.8) is 0 Å². The summed E-state index contributed by atoms with van der Waals surface area (Å²) in [4.78, 5) is 0. The van der Waals surface area contributed by atoms with Crippen LogP contribution in [0.1, 0.15) is 142 Å². The first-order chi connectivity index (χ1) is 13.8. The zero-order chi connectivity index (χ0) is 20.5. The Kier molecular flexibility index (Phi) is 33.2. The second kappa shape index (κ2) is 29.5. The Bertz CT molecular complexity index is 289. The topological polar surface area (TPSA) is 35.5 Å². The molecule has 174 valence electrons. The van der Waals surface area contributed by atoms with E-state index in [1.54, 1.807) is 0 Å². The standard InChI is InChI=1S/C24H51O3P.Nd/c1-3-5-7-9-11-13-15-17-19-21-23-26-28(25)27-24-22-20-18-16-14-12-10-8-6-4-2;/h28H,3-24H2,1-2H3;. The average Bonchev–Trinajstić information content (AvgIpc) is 2.70. The van der Waals surface area contributed by atoms with Gasteiger partial charge in [-0.3, -0.25) is 4.57 Å². The molecule has 5 heteroatoms. The summed E-state index contributed by atoms with van der Waals surface area (Å²) in [5, 5.41) is 0. The van der Waals surface area contributed by atoms with Crippen LogP contribution >= 0.6 is 8.25 Å². The van der Waals surface area contributed by atoms with Crippen molar-refractivity contribution in [1.82, 2.24) is 0 Å². The number of hydrogen-bond acceptors (Lipinski definition) is 3. The van der Waals surface area contributed by atoms with Gasteiger partial charge in [-0.1, -0.05) is 129 Å². The SMILES string of the molecule is CCCCCCCCCCCCO[PH](=O)OCCCCCCCCCCCC.[Nd]. The van der Waals surface area contributed by atoms with Gasteiger partial charge in [0.15, 0.2) is 0 Å². The van der Waals surface area contributed by atoms with Crippen LogP contribution in [0, 0.1) is 40.8 Å². The fraction of sp³-hybridized carbons (Fsp3) is 1.00. The molecule has 0 rings (SSSR count). The minimum absolute atomic E-state index is 0. The third-order valence-corrected chi connectivity index (χ3v) is 6.32. The molecule has 0 aliphatic heterocycles. The van der Waals surface area contributed by atoms with Crippen molar-refractivity contribution in [3.05, 3.63) is 0 Å². The Morgan fingerprint density at radius 2 is 0.690 bits per heavy atom. The van der Waals surface area contributed by atoms with Crippen LogP contribution in [0.2, 0.25) is 0 Å². The van der Waals surface area contributed by atoms with Crippen molar-refractivity contribution in [1.29, 1.82) is 0 Å². The van der Waals surface area contributed by atoms with Crippen molar-refractivity contribution in [2.24, 2.45) is 0 Å². The quantitative estimate of drug-likeness (QED) is 0.0869. The number of hydrogen-bond donors (Lipinski definition) is 0. The molecule has 0 fully saturated rings. The van der Waals surface area contributed by atoms with Crippen molar-refractivity contribution in [3.8, 4) is 0 Å². The third kappa shape index (κ3) is 29.5. The van der Waals surface area contributed by atoms with Gasteiger partial charge in [0.1, 0.15) is 0 Å². The molecule has 0 atom stereocenters. The zero-order valence-electron chi connectivity index (χ0n) is 19.8. The summed E-state index contributed by atoms with van der Waals surface area (Å²) in [5.41, 5.74) is 0. The largest absolute Gasteiger partial charge is 0.319 e. The second-order valence-electron chi connectivity index (χ2n) is 8.31. The predicted octanol–water partition coefficient (Wildman–Crippen LogP) is 9.25. The maximum atomic E-state index is 11.7. The molecule has 0 saturated carbocycles. The van der Waals surface area contributed by atoms with Crippen LogP contribution in [0.3, 0.4) is 0 Å². The molecule has 0 saturated heterocycles. The normalized spacial score (nSPS) is 11.1. The first-order valence-corrected chi connectivity index (χ1v) is 13.8. The van der Waals surface area contributed by atoms with Crippen molar-refractivity contribution in [2.75, 3.05) is 13.2 Å². The van der Waals surface area contributed by atoms with E-state index in [2.05, 4.69) is 13.8 Å². The fourth-order valence-electron chi connectivity index (χ4n) is 3.53. The Labute approximate surface area is 216 Å². The van der Waals surface area contributed by atoms with Gasteiger partial charge in [0.05, 0.1) is 13.2 Å². The van der Waals surface area contributed by atoms with E-state index in [1.165, 1.54) is 116 Å². The molecular weight excluding hydrogens is 511 g/mol. The minimum Gasteiger partial charge on any atom is -0.311 e. The summed E-state index contributed by atoms with van der Waals surface area (Å²) < 4.78 is 22.4. The van der Waals surface area contributed by atoms with E-state index in [0.717, 1.165) is 12.8 Å². The summed E-state index contributed by atoms with van der Waals surface area (Å²) >= 11 is 0. The van der Waals surface area contributed by atoms with Crippen molar-refractivity contribution in [2.45, 2.75) is 142 Å². The first kappa shape index (κ1) is 32.7. The molecule has 0 aromatic rings. The van der Waals surface area contributed by atoms with Crippen LogP contribution in [0.25, 0.3) is 0 Å². The van der Waals surface area contributed by atoms with Crippen LogP contribution in [0.4, 0.5) is 0 Å². The van der Waals surface area contributed by atoms with E-state index in [4.69, 9.17) is 9.05 Å². The van der Waals surface area contributed by atoms with Crippen LogP contribution in [0.5, 0.6) is 0 Å². The van der Waals surface area contributed by atoms with E-state index >= 15 is 0 Å². The van der Waals surface area contributed by atoms with Gasteiger partial charge in [-0.2, -0.15) is 0 Å². The van der Waals surface area contributed by atoms with Gasteiger partial charge in [-0.15, -0.1) is 0 Å². The van der Waals surface area contributed by atoms with Gasteiger partial charge in [0.25, 0.3) is 0 Å². The van der Waals surface area contributed by atoms with Gasteiger partial charge in [-0.05, 0) is 12.8 Å². The second-order valence-corrected chi connectivity index (χ2v) is 9.39. The Morgan fingerprint density at radius 3 is 0.966 bits per heavy atom. The van der Waals surface area contributed by atoms with E-state index in [1.807, 2.05) is 0 Å². The molecule has 0 N–H and O–H groups in total. The molecule has 3 nitrogen and oxygen atoms in total. The zero-order valence-corrected chi connectivity index (χ0v) is 24.0. The molecule has 0 heterocycles. The molecule has 29 heavy (non-hydrogen) atoms. The maximum Gasteiger partial charge on any atom is 0.319 e. The predicted molar refractivity (Wildman–Crippen MR) is 125 cm³/mol. The van der Waals surface area contributed by atoms with Crippen LogP contribution in [-0.2, 0) is 13.6 Å². The molecule has 0 amide bonds. The van der Waals surface area contributed by atoms with E-state index in [-0.39, 0.29) is 40.8 Å². The van der Waals surface area contributed by atoms with Crippen molar-refractivity contribution < 1.29 is 54.5 Å². The maximum absolute atomic E-state index is 11.7. The van der Waals surface area contributed by atoms with Crippen LogP contribution in [-0.4, -0.2) is 13.2 Å². The monoisotopic (exact) mass is 560 g/mol. The third-order valence-electron chi connectivity index (χ3n) is 5.44.